The van der Waals surface area contributed by atoms with E-state index in [1.165, 1.54) is 16.8 Å². The first-order valence-electron chi connectivity index (χ1n) is 6.63. The fourth-order valence-corrected chi connectivity index (χ4v) is 2.36. The molecule has 3 nitrogen and oxygen atoms in total. The van der Waals surface area contributed by atoms with E-state index in [0.29, 0.717) is 0 Å². The first-order valence-corrected chi connectivity index (χ1v) is 6.63. The minimum absolute atomic E-state index is 0.928. The molecule has 0 bridgehead atoms. The molecule has 1 aliphatic heterocycles. The quantitative estimate of drug-likeness (QED) is 0.839. The Labute approximate surface area is 113 Å². The van der Waals surface area contributed by atoms with Crippen molar-refractivity contribution < 1.29 is 0 Å². The van der Waals surface area contributed by atoms with Crippen molar-refractivity contribution in [3.8, 4) is 0 Å². The second-order valence-electron chi connectivity index (χ2n) is 4.79. The Kier molecular flexibility index (Phi) is 3.65. The number of hydrogen-bond acceptors (Lipinski definition) is 3. The first-order chi connectivity index (χ1) is 9.42. The van der Waals surface area contributed by atoms with Gasteiger partial charge in [0.05, 0.1) is 5.69 Å². The molecule has 1 aliphatic rings. The number of nitrogens with zero attached hydrogens (tertiary/aromatic N) is 3. The Hall–Kier alpha value is -2.00. The van der Waals surface area contributed by atoms with Gasteiger partial charge in [-0.3, -0.25) is 4.90 Å². The normalized spacial score (nSPS) is 15.6. The van der Waals surface area contributed by atoms with Crippen molar-refractivity contribution >= 4 is 6.08 Å². The Bertz CT molecular complexity index is 563. The van der Waals surface area contributed by atoms with Crippen molar-refractivity contribution in [1.29, 1.82) is 0 Å². The Morgan fingerprint density at radius 3 is 3.00 bits per heavy atom. The molecule has 96 valence electrons. The highest BCUT2D eigenvalue weighted by Crippen LogP contribution is 2.15. The highest BCUT2D eigenvalue weighted by molar-refractivity contribution is 5.48. The van der Waals surface area contributed by atoms with E-state index >= 15 is 0 Å². The molecule has 3 heteroatoms. The summed E-state index contributed by atoms with van der Waals surface area (Å²) >= 11 is 0. The van der Waals surface area contributed by atoms with Crippen LogP contribution in [0, 0.1) is 0 Å². The van der Waals surface area contributed by atoms with Crippen LogP contribution in [0.2, 0.25) is 0 Å². The molecule has 0 aliphatic carbocycles. The third-order valence-electron chi connectivity index (χ3n) is 3.43. The molecule has 0 spiro atoms. The van der Waals surface area contributed by atoms with Crippen LogP contribution in [0.1, 0.15) is 16.8 Å². The molecule has 0 radical (unpaired) electrons. The zero-order chi connectivity index (χ0) is 12.9. The molecule has 0 N–H and O–H groups in total. The molecule has 1 aromatic heterocycles. The van der Waals surface area contributed by atoms with E-state index in [2.05, 4.69) is 51.3 Å². The maximum absolute atomic E-state index is 4.36. The summed E-state index contributed by atoms with van der Waals surface area (Å²) in [7, 11) is 0. The maximum Gasteiger partial charge on any atom is 0.115 e. The van der Waals surface area contributed by atoms with Crippen LogP contribution in [0.5, 0.6) is 0 Å². The average Bonchev–Trinajstić information content (AvgIpc) is 2.48. The number of benzene rings is 1. The third kappa shape index (κ3) is 3.06. The lowest BCUT2D eigenvalue weighted by Crippen LogP contribution is -2.31. The molecule has 0 fully saturated rings. The smallest absolute Gasteiger partial charge is 0.115 e. The van der Waals surface area contributed by atoms with Gasteiger partial charge in [-0.2, -0.15) is 0 Å². The number of aromatic nitrogens is 2. The zero-order valence-corrected chi connectivity index (χ0v) is 10.9. The van der Waals surface area contributed by atoms with Crippen LogP contribution in [-0.2, 0) is 13.0 Å². The van der Waals surface area contributed by atoms with E-state index in [0.717, 1.165) is 26.1 Å². The van der Waals surface area contributed by atoms with Crippen LogP contribution in [0.4, 0.5) is 0 Å². The summed E-state index contributed by atoms with van der Waals surface area (Å²) in [6.45, 7) is 2.98. The number of fused-ring (bicyclic) bond motifs is 1. The average molecular weight is 251 g/mol. The molecule has 0 amide bonds. The summed E-state index contributed by atoms with van der Waals surface area (Å²) < 4.78 is 0. The van der Waals surface area contributed by atoms with Crippen LogP contribution < -0.4 is 0 Å². The van der Waals surface area contributed by atoms with E-state index in [4.69, 9.17) is 0 Å². The van der Waals surface area contributed by atoms with Crippen LogP contribution in [0.15, 0.2) is 48.9 Å². The van der Waals surface area contributed by atoms with Gasteiger partial charge < -0.3 is 0 Å². The molecule has 0 unspecified atom stereocenters. The van der Waals surface area contributed by atoms with Gasteiger partial charge >= 0.3 is 0 Å². The summed E-state index contributed by atoms with van der Waals surface area (Å²) in [5.41, 5.74) is 3.72. The van der Waals surface area contributed by atoms with Crippen molar-refractivity contribution in [1.82, 2.24) is 14.9 Å². The van der Waals surface area contributed by atoms with Gasteiger partial charge in [-0.15, -0.1) is 0 Å². The standard InChI is InChI=1S/C16H17N3/c1-2-5-14(6-3-1)7-4-9-19-10-8-15-11-17-13-18-16(15)12-19/h1-7,11,13H,8-10,12H2. The van der Waals surface area contributed by atoms with Gasteiger partial charge in [0.2, 0.25) is 0 Å². The van der Waals surface area contributed by atoms with Crippen molar-refractivity contribution in [2.45, 2.75) is 13.0 Å². The monoisotopic (exact) mass is 251 g/mol. The molecular weight excluding hydrogens is 234 g/mol. The fraction of sp³-hybridized carbons (Fsp3) is 0.250. The van der Waals surface area contributed by atoms with E-state index in [1.54, 1.807) is 6.33 Å². The van der Waals surface area contributed by atoms with Gasteiger partial charge in [0, 0.05) is 25.8 Å². The van der Waals surface area contributed by atoms with Crippen LogP contribution in [0.25, 0.3) is 6.08 Å². The van der Waals surface area contributed by atoms with Crippen LogP contribution in [-0.4, -0.2) is 28.0 Å². The largest absolute Gasteiger partial charge is 0.294 e. The molecular formula is C16H17N3. The summed E-state index contributed by atoms with van der Waals surface area (Å²) in [6, 6.07) is 10.4. The van der Waals surface area contributed by atoms with Crippen LogP contribution in [0.3, 0.4) is 0 Å². The van der Waals surface area contributed by atoms with Crippen molar-refractivity contribution in [2.24, 2.45) is 0 Å². The topological polar surface area (TPSA) is 29.0 Å². The Morgan fingerprint density at radius 2 is 2.11 bits per heavy atom. The molecule has 2 heterocycles. The zero-order valence-electron chi connectivity index (χ0n) is 10.9. The predicted molar refractivity (Wildman–Crippen MR) is 76.5 cm³/mol. The minimum Gasteiger partial charge on any atom is -0.294 e. The lowest BCUT2D eigenvalue weighted by Gasteiger charge is -2.26. The highest BCUT2D eigenvalue weighted by atomic mass is 15.1. The van der Waals surface area contributed by atoms with E-state index in [1.807, 2.05) is 12.3 Å². The van der Waals surface area contributed by atoms with Crippen LogP contribution >= 0.6 is 0 Å². The highest BCUT2D eigenvalue weighted by Gasteiger charge is 2.15. The molecule has 0 saturated carbocycles. The van der Waals surface area contributed by atoms with Gasteiger partial charge in [-0.1, -0.05) is 42.5 Å². The number of rotatable bonds is 3. The Balaban J connectivity index is 1.59. The minimum atomic E-state index is 0.928. The third-order valence-corrected chi connectivity index (χ3v) is 3.43. The Morgan fingerprint density at radius 1 is 1.21 bits per heavy atom. The first kappa shape index (κ1) is 12.1. The molecule has 0 atom stereocenters. The number of hydrogen-bond donors (Lipinski definition) is 0. The van der Waals surface area contributed by atoms with E-state index in [9.17, 15) is 0 Å². The van der Waals surface area contributed by atoms with Gasteiger partial charge in [-0.25, -0.2) is 9.97 Å². The second-order valence-corrected chi connectivity index (χ2v) is 4.79. The predicted octanol–water partition coefficient (Wildman–Crippen LogP) is 2.55. The molecule has 0 saturated heterocycles. The van der Waals surface area contributed by atoms with Crippen molar-refractivity contribution in [3.05, 3.63) is 65.8 Å². The molecule has 3 rings (SSSR count). The van der Waals surface area contributed by atoms with Gasteiger partial charge in [0.1, 0.15) is 6.33 Å². The SMILES string of the molecule is C(=Cc1ccccc1)CN1CCc2cncnc2C1. The fourth-order valence-electron chi connectivity index (χ4n) is 2.36. The van der Waals surface area contributed by atoms with Gasteiger partial charge in [0.15, 0.2) is 0 Å². The summed E-state index contributed by atoms with van der Waals surface area (Å²) in [5.74, 6) is 0. The molecule has 2 aromatic rings. The second kappa shape index (κ2) is 5.76. The van der Waals surface area contributed by atoms with Crippen molar-refractivity contribution in [2.75, 3.05) is 13.1 Å². The van der Waals surface area contributed by atoms with Crippen molar-refractivity contribution in [3.63, 3.8) is 0 Å². The molecule has 1 aromatic carbocycles. The lowest BCUT2D eigenvalue weighted by molar-refractivity contribution is 0.277. The van der Waals surface area contributed by atoms with Gasteiger partial charge in [0.25, 0.3) is 0 Å². The van der Waals surface area contributed by atoms with Gasteiger partial charge in [-0.05, 0) is 17.5 Å². The summed E-state index contributed by atoms with van der Waals surface area (Å²) in [5, 5.41) is 0. The van der Waals surface area contributed by atoms with E-state index < -0.39 is 0 Å². The molecule has 19 heavy (non-hydrogen) atoms. The maximum atomic E-state index is 4.36. The summed E-state index contributed by atoms with van der Waals surface area (Å²) in [6.07, 6.45) is 9.04. The lowest BCUT2D eigenvalue weighted by atomic mass is 10.1. The van der Waals surface area contributed by atoms with E-state index in [-0.39, 0.29) is 0 Å². The summed E-state index contributed by atoms with van der Waals surface area (Å²) in [4.78, 5) is 10.9.